The van der Waals surface area contributed by atoms with Gasteiger partial charge in [-0.3, -0.25) is 0 Å². The van der Waals surface area contributed by atoms with Crippen molar-refractivity contribution in [2.75, 3.05) is 12.8 Å². The van der Waals surface area contributed by atoms with E-state index in [1.54, 1.807) is 0 Å². The fraction of sp³-hybridized carbons (Fsp3) is 0.684. The third-order valence-corrected chi connectivity index (χ3v) is 4.93. The Kier molecular flexibility index (Phi) is 10.7. The van der Waals surface area contributed by atoms with Crippen molar-refractivity contribution in [1.29, 1.82) is 0 Å². The highest BCUT2D eigenvalue weighted by Crippen LogP contribution is 2.24. The van der Waals surface area contributed by atoms with Crippen molar-refractivity contribution in [2.45, 2.75) is 76.2 Å². The fourth-order valence-electron chi connectivity index (χ4n) is 2.75. The average molecular weight is 308 g/mol. The number of hydrogen-bond donors (Lipinski definition) is 1. The van der Waals surface area contributed by atoms with Crippen LogP contribution in [0.5, 0.6) is 0 Å². The average Bonchev–Trinajstić information content (AvgIpc) is 2.52. The second kappa shape index (κ2) is 12.1. The van der Waals surface area contributed by atoms with Crippen molar-refractivity contribution in [3.8, 4) is 0 Å². The molecule has 0 radical (unpaired) electrons. The van der Waals surface area contributed by atoms with E-state index in [-0.39, 0.29) is 0 Å². The van der Waals surface area contributed by atoms with E-state index in [0.29, 0.717) is 6.04 Å². The molecule has 1 nitrogen and oxygen atoms in total. The van der Waals surface area contributed by atoms with Crippen molar-refractivity contribution in [1.82, 2.24) is 5.32 Å². The minimum atomic E-state index is 0.515. The Bertz CT molecular complexity index is 347. The van der Waals surface area contributed by atoms with E-state index in [9.17, 15) is 0 Å². The van der Waals surface area contributed by atoms with Crippen LogP contribution in [0, 0.1) is 0 Å². The molecule has 0 heterocycles. The summed E-state index contributed by atoms with van der Waals surface area (Å²) in [5.41, 5.74) is 1.43. The molecular formula is C19H33NS. The van der Waals surface area contributed by atoms with Gasteiger partial charge in [0.15, 0.2) is 0 Å². The molecule has 21 heavy (non-hydrogen) atoms. The van der Waals surface area contributed by atoms with Gasteiger partial charge in [-0.2, -0.15) is 0 Å². The van der Waals surface area contributed by atoms with Crippen LogP contribution in [0.4, 0.5) is 0 Å². The molecule has 0 aliphatic rings. The maximum absolute atomic E-state index is 3.47. The van der Waals surface area contributed by atoms with Crippen LogP contribution < -0.4 is 5.32 Å². The van der Waals surface area contributed by atoms with Gasteiger partial charge in [-0.1, -0.05) is 70.9 Å². The molecule has 0 amide bonds. The summed E-state index contributed by atoms with van der Waals surface area (Å²) in [5.74, 6) is 1.15. The molecule has 0 aliphatic carbocycles. The monoisotopic (exact) mass is 307 g/mol. The zero-order chi connectivity index (χ0) is 15.3. The van der Waals surface area contributed by atoms with Crippen LogP contribution in [0.2, 0.25) is 0 Å². The lowest BCUT2D eigenvalue weighted by atomic mass is 9.99. The van der Waals surface area contributed by atoms with Gasteiger partial charge in [0.05, 0.1) is 0 Å². The van der Waals surface area contributed by atoms with Gasteiger partial charge in [-0.05, 0) is 36.9 Å². The zero-order valence-electron chi connectivity index (χ0n) is 14.2. The second-order valence-corrected chi connectivity index (χ2v) is 7.09. The Hall–Kier alpha value is -0.470. The highest BCUT2D eigenvalue weighted by atomic mass is 32.2. The van der Waals surface area contributed by atoms with E-state index in [4.69, 9.17) is 0 Å². The Morgan fingerprint density at radius 3 is 2.10 bits per heavy atom. The molecule has 120 valence electrons. The maximum Gasteiger partial charge on any atom is 0.0317 e. The van der Waals surface area contributed by atoms with E-state index in [1.165, 1.54) is 61.8 Å². The molecule has 0 spiro atoms. The van der Waals surface area contributed by atoms with E-state index in [0.717, 1.165) is 5.75 Å². The Balaban J connectivity index is 2.27. The first-order valence-corrected chi connectivity index (χ1v) is 9.70. The van der Waals surface area contributed by atoms with Gasteiger partial charge in [0, 0.05) is 10.9 Å². The number of unbranched alkanes of at least 4 members (excludes halogenated alkanes) is 6. The second-order valence-electron chi connectivity index (χ2n) is 5.75. The van der Waals surface area contributed by atoms with Gasteiger partial charge in [0.25, 0.3) is 0 Å². The highest BCUT2D eigenvalue weighted by Gasteiger charge is 2.08. The standard InChI is InChI=1S/C19H33NS/c1-4-6-7-8-9-10-11-12-19(20-3)17-13-15-18(16-14-17)21-5-2/h13-16,19-20H,4-12H2,1-3H3. The molecule has 0 aliphatic heterocycles. The molecule has 1 atom stereocenters. The summed E-state index contributed by atoms with van der Waals surface area (Å²) < 4.78 is 0. The normalized spacial score (nSPS) is 12.5. The van der Waals surface area contributed by atoms with Crippen LogP contribution in [0.1, 0.15) is 76.8 Å². The molecule has 0 aromatic heterocycles. The van der Waals surface area contributed by atoms with Crippen molar-refractivity contribution in [3.05, 3.63) is 29.8 Å². The predicted octanol–water partition coefficient (Wildman–Crippen LogP) is 6.20. The zero-order valence-corrected chi connectivity index (χ0v) is 15.0. The molecule has 1 unspecified atom stereocenters. The molecule has 1 rings (SSSR count). The van der Waals surface area contributed by atoms with E-state index < -0.39 is 0 Å². The first-order chi connectivity index (χ1) is 10.3. The van der Waals surface area contributed by atoms with Crippen LogP contribution in [0.25, 0.3) is 0 Å². The third-order valence-electron chi connectivity index (χ3n) is 4.04. The van der Waals surface area contributed by atoms with Gasteiger partial charge in [0.1, 0.15) is 0 Å². The Morgan fingerprint density at radius 2 is 1.52 bits per heavy atom. The predicted molar refractivity (Wildman–Crippen MR) is 97.3 cm³/mol. The van der Waals surface area contributed by atoms with Gasteiger partial charge in [-0.25, -0.2) is 0 Å². The molecule has 2 heteroatoms. The van der Waals surface area contributed by atoms with Crippen molar-refractivity contribution < 1.29 is 0 Å². The summed E-state index contributed by atoms with van der Waals surface area (Å²) in [5, 5.41) is 3.47. The van der Waals surface area contributed by atoms with Crippen LogP contribution in [-0.2, 0) is 0 Å². The van der Waals surface area contributed by atoms with Crippen molar-refractivity contribution >= 4 is 11.8 Å². The van der Waals surface area contributed by atoms with Crippen LogP contribution in [-0.4, -0.2) is 12.8 Å². The first-order valence-electron chi connectivity index (χ1n) is 8.71. The number of nitrogens with one attached hydrogen (secondary N) is 1. The van der Waals surface area contributed by atoms with Crippen molar-refractivity contribution in [3.63, 3.8) is 0 Å². The number of thioether (sulfide) groups is 1. The molecule has 0 saturated carbocycles. The Labute approximate surface area is 136 Å². The number of benzene rings is 1. The SMILES string of the molecule is CCCCCCCCCC(NC)c1ccc(SCC)cc1. The van der Waals surface area contributed by atoms with Gasteiger partial charge < -0.3 is 5.32 Å². The molecule has 1 N–H and O–H groups in total. The van der Waals surface area contributed by atoms with Crippen LogP contribution >= 0.6 is 11.8 Å². The highest BCUT2D eigenvalue weighted by molar-refractivity contribution is 7.99. The largest absolute Gasteiger partial charge is 0.313 e. The number of rotatable bonds is 12. The molecule has 0 fully saturated rings. The van der Waals surface area contributed by atoms with E-state index >= 15 is 0 Å². The van der Waals surface area contributed by atoms with Gasteiger partial charge >= 0.3 is 0 Å². The van der Waals surface area contributed by atoms with Crippen LogP contribution in [0.3, 0.4) is 0 Å². The van der Waals surface area contributed by atoms with Gasteiger partial charge in [0.2, 0.25) is 0 Å². The molecular weight excluding hydrogens is 274 g/mol. The van der Waals surface area contributed by atoms with E-state index in [2.05, 4.69) is 50.5 Å². The lowest BCUT2D eigenvalue weighted by molar-refractivity contribution is 0.495. The third kappa shape index (κ3) is 7.92. The topological polar surface area (TPSA) is 12.0 Å². The summed E-state index contributed by atoms with van der Waals surface area (Å²) >= 11 is 1.91. The summed E-state index contributed by atoms with van der Waals surface area (Å²) in [6.45, 7) is 4.48. The molecule has 1 aromatic rings. The number of hydrogen-bond acceptors (Lipinski definition) is 2. The Morgan fingerprint density at radius 1 is 0.905 bits per heavy atom. The van der Waals surface area contributed by atoms with Crippen molar-refractivity contribution in [2.24, 2.45) is 0 Å². The first kappa shape index (κ1) is 18.6. The summed E-state index contributed by atoms with van der Waals surface area (Å²) in [7, 11) is 2.08. The smallest absolute Gasteiger partial charge is 0.0317 e. The molecule has 1 aromatic carbocycles. The summed E-state index contributed by atoms with van der Waals surface area (Å²) in [4.78, 5) is 1.38. The quantitative estimate of drug-likeness (QED) is 0.364. The summed E-state index contributed by atoms with van der Waals surface area (Å²) in [6.07, 6.45) is 11.0. The lowest BCUT2D eigenvalue weighted by Gasteiger charge is -2.17. The van der Waals surface area contributed by atoms with Crippen LogP contribution in [0.15, 0.2) is 29.2 Å². The molecule has 0 saturated heterocycles. The molecule has 0 bridgehead atoms. The minimum Gasteiger partial charge on any atom is -0.313 e. The summed E-state index contributed by atoms with van der Waals surface area (Å²) in [6, 6.07) is 9.62. The van der Waals surface area contributed by atoms with E-state index in [1.807, 2.05) is 11.8 Å². The maximum atomic E-state index is 3.47. The van der Waals surface area contributed by atoms with Gasteiger partial charge in [-0.15, -0.1) is 11.8 Å². The lowest BCUT2D eigenvalue weighted by Crippen LogP contribution is -2.16. The minimum absolute atomic E-state index is 0.515. The fourth-order valence-corrected chi connectivity index (χ4v) is 3.41.